The lowest BCUT2D eigenvalue weighted by molar-refractivity contribution is 0.0563. The molecule has 1 amide bonds. The lowest BCUT2D eigenvalue weighted by atomic mass is 9.99. The van der Waals surface area contributed by atoms with Crippen LogP contribution in [0.25, 0.3) is 11.4 Å². The Kier molecular flexibility index (Phi) is 3.74. The maximum absolute atomic E-state index is 12.3. The molecule has 1 aliphatic rings. The number of carbonyl (C=O) groups is 1. The quantitative estimate of drug-likeness (QED) is 0.732. The largest absolute Gasteiger partial charge is 0.339 e. The molecule has 7 heteroatoms. The van der Waals surface area contributed by atoms with Gasteiger partial charge >= 0.3 is 0 Å². The molecule has 6 nitrogen and oxygen atoms in total. The summed E-state index contributed by atoms with van der Waals surface area (Å²) in [5.74, 6) is 1.01. The van der Waals surface area contributed by atoms with Crippen LogP contribution in [0.2, 0.25) is 5.02 Å². The van der Waals surface area contributed by atoms with Gasteiger partial charge in [-0.15, -0.1) is 0 Å². The van der Waals surface area contributed by atoms with Gasteiger partial charge in [-0.2, -0.15) is 4.98 Å². The van der Waals surface area contributed by atoms with Crippen molar-refractivity contribution in [2.75, 3.05) is 13.1 Å². The molecular weight excluding hydrogens is 328 g/mol. The predicted octanol–water partition coefficient (Wildman–Crippen LogP) is 3.02. The number of hydrogen-bond acceptors (Lipinski definition) is 5. The molecular formula is C17H13ClN4O2. The summed E-state index contributed by atoms with van der Waals surface area (Å²) < 4.78 is 5.34. The second kappa shape index (κ2) is 6.05. The number of amides is 1. The van der Waals surface area contributed by atoms with Crippen LogP contribution in [0.5, 0.6) is 0 Å². The van der Waals surface area contributed by atoms with Crippen LogP contribution in [0.3, 0.4) is 0 Å². The summed E-state index contributed by atoms with van der Waals surface area (Å²) >= 11 is 5.98. The Morgan fingerprint density at radius 2 is 2.08 bits per heavy atom. The molecule has 3 heterocycles. The van der Waals surface area contributed by atoms with Crippen molar-refractivity contribution in [2.24, 2.45) is 0 Å². The summed E-state index contributed by atoms with van der Waals surface area (Å²) in [6.07, 6.45) is 1.61. The predicted molar refractivity (Wildman–Crippen MR) is 87.6 cm³/mol. The fourth-order valence-corrected chi connectivity index (χ4v) is 2.79. The van der Waals surface area contributed by atoms with Crippen molar-refractivity contribution in [3.05, 3.63) is 65.3 Å². The van der Waals surface area contributed by atoms with E-state index in [1.165, 1.54) is 0 Å². The van der Waals surface area contributed by atoms with Crippen LogP contribution < -0.4 is 0 Å². The zero-order chi connectivity index (χ0) is 16.5. The van der Waals surface area contributed by atoms with Gasteiger partial charge in [-0.1, -0.05) is 35.0 Å². The van der Waals surface area contributed by atoms with Gasteiger partial charge < -0.3 is 9.42 Å². The summed E-state index contributed by atoms with van der Waals surface area (Å²) in [5.41, 5.74) is 1.25. The number of pyridine rings is 1. The van der Waals surface area contributed by atoms with Gasteiger partial charge in [-0.25, -0.2) is 0 Å². The van der Waals surface area contributed by atoms with Crippen LogP contribution in [-0.4, -0.2) is 39.0 Å². The minimum Gasteiger partial charge on any atom is -0.339 e. The van der Waals surface area contributed by atoms with Crippen molar-refractivity contribution in [3.63, 3.8) is 0 Å². The molecule has 4 rings (SSSR count). The van der Waals surface area contributed by atoms with E-state index in [9.17, 15) is 4.79 Å². The summed E-state index contributed by atoms with van der Waals surface area (Å²) in [7, 11) is 0. The van der Waals surface area contributed by atoms with Gasteiger partial charge in [0.25, 0.3) is 5.91 Å². The van der Waals surface area contributed by atoms with E-state index in [2.05, 4.69) is 15.1 Å². The molecule has 0 spiro atoms. The van der Waals surface area contributed by atoms with Gasteiger partial charge in [0.1, 0.15) is 5.69 Å². The Hall–Kier alpha value is -2.73. The van der Waals surface area contributed by atoms with Crippen molar-refractivity contribution in [1.29, 1.82) is 0 Å². The van der Waals surface area contributed by atoms with Crippen LogP contribution in [-0.2, 0) is 0 Å². The molecule has 0 N–H and O–H groups in total. The van der Waals surface area contributed by atoms with Gasteiger partial charge in [0.15, 0.2) is 0 Å². The molecule has 2 aromatic heterocycles. The van der Waals surface area contributed by atoms with Crippen LogP contribution in [0.1, 0.15) is 22.3 Å². The lowest BCUT2D eigenvalue weighted by Gasteiger charge is -2.36. The minimum absolute atomic E-state index is 0.0538. The second-order valence-corrected chi connectivity index (χ2v) is 6.03. The maximum atomic E-state index is 12.3. The standard InChI is InChI=1S/C17H13ClN4O2/c18-13-5-3-4-11(8-13)15-20-16(24-21-15)12-9-22(10-12)17(23)14-6-1-2-7-19-14/h1-8,12H,9-10H2. The number of hydrogen-bond donors (Lipinski definition) is 0. The highest BCUT2D eigenvalue weighted by atomic mass is 35.5. The van der Waals surface area contributed by atoms with E-state index < -0.39 is 0 Å². The van der Waals surface area contributed by atoms with Crippen LogP contribution in [0.4, 0.5) is 0 Å². The number of rotatable bonds is 3. The first kappa shape index (κ1) is 14.8. The number of benzene rings is 1. The van der Waals surface area contributed by atoms with E-state index in [0.717, 1.165) is 5.56 Å². The van der Waals surface area contributed by atoms with Crippen molar-refractivity contribution in [1.82, 2.24) is 20.0 Å². The Morgan fingerprint density at radius 1 is 1.21 bits per heavy atom. The molecule has 0 radical (unpaired) electrons. The molecule has 0 bridgehead atoms. The summed E-state index contributed by atoms with van der Waals surface area (Å²) in [6.45, 7) is 1.10. The van der Waals surface area contributed by atoms with Gasteiger partial charge in [0, 0.05) is 29.9 Å². The first-order chi connectivity index (χ1) is 11.7. The van der Waals surface area contributed by atoms with Crippen molar-refractivity contribution in [2.45, 2.75) is 5.92 Å². The monoisotopic (exact) mass is 340 g/mol. The SMILES string of the molecule is O=C(c1ccccn1)N1CC(c2nc(-c3cccc(Cl)c3)no2)C1. The third-order valence-electron chi connectivity index (χ3n) is 3.93. The lowest BCUT2D eigenvalue weighted by Crippen LogP contribution is -2.48. The number of halogens is 1. The molecule has 1 aliphatic heterocycles. The minimum atomic E-state index is -0.0820. The highest BCUT2D eigenvalue weighted by molar-refractivity contribution is 6.30. The molecule has 0 unspecified atom stereocenters. The zero-order valence-corrected chi connectivity index (χ0v) is 13.3. The fourth-order valence-electron chi connectivity index (χ4n) is 2.60. The van der Waals surface area contributed by atoms with Gasteiger partial charge in [-0.3, -0.25) is 9.78 Å². The average Bonchev–Trinajstić information content (AvgIpc) is 3.04. The van der Waals surface area contributed by atoms with E-state index in [0.29, 0.717) is 35.5 Å². The van der Waals surface area contributed by atoms with Crippen molar-refractivity contribution in [3.8, 4) is 11.4 Å². The third-order valence-corrected chi connectivity index (χ3v) is 4.16. The molecule has 0 aliphatic carbocycles. The summed E-state index contributed by atoms with van der Waals surface area (Å²) in [5, 5.41) is 4.62. The maximum Gasteiger partial charge on any atom is 0.272 e. The number of aromatic nitrogens is 3. The smallest absolute Gasteiger partial charge is 0.272 e. The Balaban J connectivity index is 1.44. The van der Waals surface area contributed by atoms with Crippen molar-refractivity contribution < 1.29 is 9.32 Å². The average molecular weight is 341 g/mol. The first-order valence-corrected chi connectivity index (χ1v) is 7.88. The normalized spacial score (nSPS) is 14.5. The van der Waals surface area contributed by atoms with Crippen LogP contribution in [0, 0.1) is 0 Å². The van der Waals surface area contributed by atoms with Gasteiger partial charge in [-0.05, 0) is 24.3 Å². The number of nitrogens with zero attached hydrogens (tertiary/aromatic N) is 4. The van der Waals surface area contributed by atoms with Crippen LogP contribution >= 0.6 is 11.6 Å². The summed E-state index contributed by atoms with van der Waals surface area (Å²) in [4.78, 5) is 22.5. The molecule has 1 saturated heterocycles. The van der Waals surface area contributed by atoms with E-state index in [-0.39, 0.29) is 11.8 Å². The van der Waals surface area contributed by atoms with Crippen LogP contribution in [0.15, 0.2) is 53.2 Å². The molecule has 1 aromatic carbocycles. The fraction of sp³-hybridized carbons (Fsp3) is 0.176. The Labute approximate surface area is 143 Å². The molecule has 0 atom stereocenters. The Bertz CT molecular complexity index is 875. The third kappa shape index (κ3) is 2.76. The van der Waals surface area contributed by atoms with Gasteiger partial charge in [0.05, 0.1) is 5.92 Å². The number of likely N-dealkylation sites (tertiary alicyclic amines) is 1. The Morgan fingerprint density at radius 3 is 2.83 bits per heavy atom. The van der Waals surface area contributed by atoms with Gasteiger partial charge in [0.2, 0.25) is 11.7 Å². The topological polar surface area (TPSA) is 72.1 Å². The highest BCUT2D eigenvalue weighted by Crippen LogP contribution is 2.29. The molecule has 0 saturated carbocycles. The number of carbonyl (C=O) groups excluding carboxylic acids is 1. The summed E-state index contributed by atoms with van der Waals surface area (Å²) in [6, 6.07) is 12.6. The molecule has 120 valence electrons. The molecule has 24 heavy (non-hydrogen) atoms. The van der Waals surface area contributed by atoms with E-state index >= 15 is 0 Å². The molecule has 1 fully saturated rings. The second-order valence-electron chi connectivity index (χ2n) is 5.59. The van der Waals surface area contributed by atoms with E-state index in [1.54, 1.807) is 41.4 Å². The van der Waals surface area contributed by atoms with E-state index in [1.807, 2.05) is 12.1 Å². The first-order valence-electron chi connectivity index (χ1n) is 7.50. The zero-order valence-electron chi connectivity index (χ0n) is 12.6. The van der Waals surface area contributed by atoms with E-state index in [4.69, 9.17) is 16.1 Å². The molecule has 3 aromatic rings. The highest BCUT2D eigenvalue weighted by Gasteiger charge is 2.36. The van der Waals surface area contributed by atoms with Crippen molar-refractivity contribution >= 4 is 17.5 Å².